The standard InChI is InChI=1S/C22H25NO3S/c1-27-20-9-5-4-8-19(20)21(24)18-7-3-2-6-17(18)16-23-12-10-22(11-13-23)25-14-15-26-22/h2-9H,10-16H2,1H3. The maximum atomic E-state index is 13.2. The number of ketones is 1. The van der Waals surface area contributed by atoms with Crippen molar-refractivity contribution in [3.05, 3.63) is 65.2 Å². The van der Waals surface area contributed by atoms with E-state index < -0.39 is 0 Å². The Kier molecular flexibility index (Phi) is 5.64. The van der Waals surface area contributed by atoms with Crippen LogP contribution in [0.15, 0.2) is 53.4 Å². The van der Waals surface area contributed by atoms with E-state index in [0.29, 0.717) is 13.2 Å². The van der Waals surface area contributed by atoms with Gasteiger partial charge in [0.1, 0.15) is 0 Å². The molecule has 5 heteroatoms. The normalized spacial score (nSPS) is 19.4. The fraction of sp³-hybridized carbons (Fsp3) is 0.409. The largest absolute Gasteiger partial charge is 0.347 e. The van der Waals surface area contributed by atoms with Crippen molar-refractivity contribution < 1.29 is 14.3 Å². The molecule has 2 aliphatic rings. The van der Waals surface area contributed by atoms with Crippen LogP contribution in [0.25, 0.3) is 0 Å². The Bertz CT molecular complexity index is 807. The molecule has 4 rings (SSSR count). The van der Waals surface area contributed by atoms with Gasteiger partial charge in [-0.2, -0.15) is 0 Å². The van der Waals surface area contributed by atoms with Crippen LogP contribution in [-0.2, 0) is 16.0 Å². The lowest BCUT2D eigenvalue weighted by atomic mass is 9.97. The molecule has 2 aromatic rings. The maximum Gasteiger partial charge on any atom is 0.194 e. The summed E-state index contributed by atoms with van der Waals surface area (Å²) in [5.41, 5.74) is 2.66. The molecule has 2 aromatic carbocycles. The smallest absolute Gasteiger partial charge is 0.194 e. The molecule has 2 saturated heterocycles. The van der Waals surface area contributed by atoms with Crippen molar-refractivity contribution >= 4 is 17.5 Å². The maximum absolute atomic E-state index is 13.2. The van der Waals surface area contributed by atoms with Crippen molar-refractivity contribution in [3.63, 3.8) is 0 Å². The highest BCUT2D eigenvalue weighted by Gasteiger charge is 2.39. The Balaban J connectivity index is 1.51. The van der Waals surface area contributed by atoms with Gasteiger partial charge >= 0.3 is 0 Å². The molecule has 1 spiro atoms. The van der Waals surface area contributed by atoms with Crippen LogP contribution in [0.2, 0.25) is 0 Å². The zero-order valence-corrected chi connectivity index (χ0v) is 16.5. The van der Waals surface area contributed by atoms with Crippen LogP contribution in [0.5, 0.6) is 0 Å². The number of thioether (sulfide) groups is 1. The summed E-state index contributed by atoms with van der Waals surface area (Å²) < 4.78 is 11.6. The van der Waals surface area contributed by atoms with Gasteiger partial charge in [0.15, 0.2) is 11.6 Å². The summed E-state index contributed by atoms with van der Waals surface area (Å²) in [6.45, 7) is 4.02. The number of ether oxygens (including phenoxy) is 2. The Morgan fingerprint density at radius 2 is 1.63 bits per heavy atom. The van der Waals surface area contributed by atoms with E-state index in [0.717, 1.165) is 54.1 Å². The second kappa shape index (κ2) is 8.15. The van der Waals surface area contributed by atoms with Crippen molar-refractivity contribution in [1.29, 1.82) is 0 Å². The number of rotatable bonds is 5. The van der Waals surface area contributed by atoms with Crippen molar-refractivity contribution in [2.45, 2.75) is 30.1 Å². The minimum Gasteiger partial charge on any atom is -0.347 e. The molecule has 0 atom stereocenters. The molecule has 0 amide bonds. The number of hydrogen-bond donors (Lipinski definition) is 0. The van der Waals surface area contributed by atoms with E-state index in [-0.39, 0.29) is 11.6 Å². The lowest BCUT2D eigenvalue weighted by Crippen LogP contribution is -2.44. The van der Waals surface area contributed by atoms with Crippen LogP contribution in [0.4, 0.5) is 0 Å². The number of carbonyl (C=O) groups excluding carboxylic acids is 1. The van der Waals surface area contributed by atoms with Crippen LogP contribution in [-0.4, -0.2) is 49.0 Å². The predicted octanol–water partition coefficient (Wildman–Crippen LogP) is 3.98. The van der Waals surface area contributed by atoms with E-state index >= 15 is 0 Å². The first-order valence-corrected chi connectivity index (χ1v) is 10.7. The van der Waals surface area contributed by atoms with Crippen molar-refractivity contribution in [1.82, 2.24) is 4.90 Å². The summed E-state index contributed by atoms with van der Waals surface area (Å²) in [5, 5.41) is 0. The fourth-order valence-corrected chi connectivity index (χ4v) is 4.53. The number of carbonyl (C=O) groups is 1. The van der Waals surface area contributed by atoms with Crippen molar-refractivity contribution in [3.8, 4) is 0 Å². The van der Waals surface area contributed by atoms with Crippen LogP contribution in [0.3, 0.4) is 0 Å². The number of likely N-dealkylation sites (tertiary alicyclic amines) is 1. The van der Waals surface area contributed by atoms with E-state index in [1.54, 1.807) is 11.8 Å². The number of benzene rings is 2. The summed E-state index contributed by atoms with van der Waals surface area (Å²) in [4.78, 5) is 16.6. The Morgan fingerprint density at radius 3 is 2.33 bits per heavy atom. The van der Waals surface area contributed by atoms with E-state index in [1.807, 2.05) is 48.7 Å². The van der Waals surface area contributed by atoms with Gasteiger partial charge in [0.05, 0.1) is 13.2 Å². The first-order chi connectivity index (χ1) is 13.2. The van der Waals surface area contributed by atoms with Gasteiger partial charge in [-0.3, -0.25) is 9.69 Å². The molecule has 0 saturated carbocycles. The zero-order valence-electron chi connectivity index (χ0n) is 15.6. The van der Waals surface area contributed by atoms with Gasteiger partial charge in [0, 0.05) is 48.5 Å². The predicted molar refractivity (Wildman–Crippen MR) is 107 cm³/mol. The summed E-state index contributed by atoms with van der Waals surface area (Å²) in [5.74, 6) is -0.255. The molecule has 2 aliphatic heterocycles. The Hall–Kier alpha value is -1.66. The second-order valence-corrected chi connectivity index (χ2v) is 7.92. The molecule has 0 aliphatic carbocycles. The number of nitrogens with zero attached hydrogens (tertiary/aromatic N) is 1. The third-order valence-corrected chi connectivity index (χ3v) is 6.23. The minimum atomic E-state index is -0.358. The fourth-order valence-electron chi connectivity index (χ4n) is 3.94. The van der Waals surface area contributed by atoms with Crippen LogP contribution >= 0.6 is 11.8 Å². The molecule has 4 nitrogen and oxygen atoms in total. The monoisotopic (exact) mass is 383 g/mol. The lowest BCUT2D eigenvalue weighted by molar-refractivity contribution is -0.185. The summed E-state index contributed by atoms with van der Waals surface area (Å²) >= 11 is 1.61. The highest BCUT2D eigenvalue weighted by Crippen LogP contribution is 2.32. The first kappa shape index (κ1) is 18.7. The van der Waals surface area contributed by atoms with E-state index in [4.69, 9.17) is 9.47 Å². The SMILES string of the molecule is CSc1ccccc1C(=O)c1ccccc1CN1CCC2(CC1)OCCO2. The topological polar surface area (TPSA) is 38.8 Å². The molecular weight excluding hydrogens is 358 g/mol. The van der Waals surface area contributed by atoms with Crippen LogP contribution in [0.1, 0.15) is 34.3 Å². The summed E-state index contributed by atoms with van der Waals surface area (Å²) in [6, 6.07) is 15.8. The zero-order chi connectivity index (χ0) is 18.7. The van der Waals surface area contributed by atoms with Gasteiger partial charge < -0.3 is 9.47 Å². The van der Waals surface area contributed by atoms with Crippen molar-refractivity contribution in [2.24, 2.45) is 0 Å². The third-order valence-electron chi connectivity index (χ3n) is 5.44. The molecular formula is C22H25NO3S. The summed E-state index contributed by atoms with van der Waals surface area (Å²) in [7, 11) is 0. The van der Waals surface area contributed by atoms with E-state index in [9.17, 15) is 4.79 Å². The number of piperidine rings is 1. The van der Waals surface area contributed by atoms with E-state index in [2.05, 4.69) is 11.0 Å². The van der Waals surface area contributed by atoms with Gasteiger partial charge in [-0.15, -0.1) is 11.8 Å². The highest BCUT2D eigenvalue weighted by atomic mass is 32.2. The molecule has 0 N–H and O–H groups in total. The molecule has 0 bridgehead atoms. The van der Waals surface area contributed by atoms with Gasteiger partial charge in [-0.1, -0.05) is 36.4 Å². The quantitative estimate of drug-likeness (QED) is 0.577. The molecule has 2 fully saturated rings. The van der Waals surface area contributed by atoms with Crippen LogP contribution < -0.4 is 0 Å². The molecule has 0 aromatic heterocycles. The molecule has 0 radical (unpaired) electrons. The Labute approximate surface area is 164 Å². The minimum absolute atomic E-state index is 0.103. The Morgan fingerprint density at radius 1 is 1.00 bits per heavy atom. The molecule has 27 heavy (non-hydrogen) atoms. The molecule has 0 unspecified atom stereocenters. The lowest BCUT2D eigenvalue weighted by Gasteiger charge is -2.37. The average molecular weight is 384 g/mol. The van der Waals surface area contributed by atoms with E-state index in [1.165, 1.54) is 0 Å². The highest BCUT2D eigenvalue weighted by molar-refractivity contribution is 7.98. The van der Waals surface area contributed by atoms with Crippen molar-refractivity contribution in [2.75, 3.05) is 32.6 Å². The van der Waals surface area contributed by atoms with Gasteiger partial charge in [0.25, 0.3) is 0 Å². The number of hydrogen-bond acceptors (Lipinski definition) is 5. The average Bonchev–Trinajstić information content (AvgIpc) is 3.18. The third kappa shape index (κ3) is 3.97. The van der Waals surface area contributed by atoms with Gasteiger partial charge in [-0.05, 0) is 24.0 Å². The molecule has 2 heterocycles. The first-order valence-electron chi connectivity index (χ1n) is 9.47. The van der Waals surface area contributed by atoms with Gasteiger partial charge in [-0.25, -0.2) is 0 Å². The second-order valence-electron chi connectivity index (χ2n) is 7.07. The van der Waals surface area contributed by atoms with Crippen LogP contribution in [0, 0.1) is 0 Å². The summed E-state index contributed by atoms with van der Waals surface area (Å²) in [6.07, 6.45) is 3.78. The van der Waals surface area contributed by atoms with Gasteiger partial charge in [0.2, 0.25) is 0 Å². The molecule has 142 valence electrons.